The van der Waals surface area contributed by atoms with Crippen molar-refractivity contribution in [1.82, 2.24) is 4.90 Å². The molecule has 5 aliphatic carbocycles. The summed E-state index contributed by atoms with van der Waals surface area (Å²) in [4.78, 5) is 2.60. The highest BCUT2D eigenvalue weighted by Gasteiger charge is 2.82. The number of aliphatic hydroxyl groups is 3. The van der Waals surface area contributed by atoms with E-state index >= 15 is 0 Å². The molecule has 1 spiro atoms. The lowest BCUT2D eigenvalue weighted by Gasteiger charge is -2.68. The molecule has 6 rings (SSSR count). The van der Waals surface area contributed by atoms with Crippen LogP contribution in [0.5, 0.6) is 0 Å². The van der Waals surface area contributed by atoms with Crippen LogP contribution in [0.1, 0.15) is 46.0 Å². The van der Waals surface area contributed by atoms with Gasteiger partial charge < -0.3 is 20.1 Å². The number of fused-ring (bicyclic) bond motifs is 2. The van der Waals surface area contributed by atoms with Crippen LogP contribution >= 0.6 is 0 Å². The second-order valence-electron chi connectivity index (χ2n) is 11.1. The number of nitrogens with zero attached hydrogens (tertiary/aromatic N) is 1. The van der Waals surface area contributed by atoms with Gasteiger partial charge in [-0.1, -0.05) is 13.8 Å². The average Bonchev–Trinajstić information content (AvgIpc) is 3.07. The number of piperidine rings is 1. The molecule has 0 aromatic carbocycles. The monoisotopic (exact) mass is 377 g/mol. The van der Waals surface area contributed by atoms with Gasteiger partial charge in [-0.3, -0.25) is 4.90 Å². The Morgan fingerprint density at radius 3 is 2.67 bits per heavy atom. The van der Waals surface area contributed by atoms with Crippen LogP contribution in [0.3, 0.4) is 0 Å². The molecule has 1 aliphatic heterocycles. The quantitative estimate of drug-likeness (QED) is 0.676. The summed E-state index contributed by atoms with van der Waals surface area (Å²) in [6.07, 6.45) is 3.66. The molecular formula is C22H35NO4. The summed E-state index contributed by atoms with van der Waals surface area (Å²) in [7, 11) is 1.73. The van der Waals surface area contributed by atoms with Gasteiger partial charge in [0.15, 0.2) is 0 Å². The molecule has 27 heavy (non-hydrogen) atoms. The summed E-state index contributed by atoms with van der Waals surface area (Å²) >= 11 is 0. The minimum Gasteiger partial charge on any atom is -0.392 e. The van der Waals surface area contributed by atoms with Crippen molar-refractivity contribution in [3.63, 3.8) is 0 Å². The zero-order valence-corrected chi connectivity index (χ0v) is 16.8. The highest BCUT2D eigenvalue weighted by Crippen LogP contribution is 2.78. The molecule has 5 heteroatoms. The minimum absolute atomic E-state index is 0.0657. The predicted molar refractivity (Wildman–Crippen MR) is 99.9 cm³/mol. The van der Waals surface area contributed by atoms with Crippen molar-refractivity contribution in [2.75, 3.05) is 20.2 Å². The van der Waals surface area contributed by atoms with Gasteiger partial charge in [-0.05, 0) is 49.5 Å². The third kappa shape index (κ3) is 1.66. The van der Waals surface area contributed by atoms with E-state index in [0.29, 0.717) is 12.3 Å². The Hall–Kier alpha value is -0.200. The van der Waals surface area contributed by atoms with E-state index < -0.39 is 11.7 Å². The summed E-state index contributed by atoms with van der Waals surface area (Å²) in [6, 6.07) is 0.253. The zero-order valence-electron chi connectivity index (χ0n) is 16.8. The molecule has 6 fully saturated rings. The first-order valence-corrected chi connectivity index (χ1v) is 11.2. The minimum atomic E-state index is -0.858. The van der Waals surface area contributed by atoms with Crippen LogP contribution < -0.4 is 0 Å². The maximum atomic E-state index is 12.1. The Morgan fingerprint density at radius 1 is 1.19 bits per heavy atom. The van der Waals surface area contributed by atoms with Gasteiger partial charge in [0.05, 0.1) is 23.9 Å². The van der Waals surface area contributed by atoms with E-state index in [4.69, 9.17) is 4.74 Å². The SMILES string of the molecule is CCN1C[C@]2(C)CC[C@H](O)[C@@]34[C@@H]5C[C@H]6[C@H](O)[C@@H]5[C@](O)(C[C@@H]6OC)C(C[C@H]23)[C@@H]14. The Balaban J connectivity index is 1.59. The second-order valence-corrected chi connectivity index (χ2v) is 11.1. The first-order chi connectivity index (χ1) is 12.8. The van der Waals surface area contributed by atoms with E-state index in [1.165, 1.54) is 0 Å². The summed E-state index contributed by atoms with van der Waals surface area (Å²) < 4.78 is 5.79. The van der Waals surface area contributed by atoms with Crippen LogP contribution in [0, 0.1) is 40.4 Å². The molecular weight excluding hydrogens is 342 g/mol. The molecule has 0 radical (unpaired) electrons. The van der Waals surface area contributed by atoms with Crippen LogP contribution in [0.15, 0.2) is 0 Å². The Kier molecular flexibility index (Phi) is 3.33. The lowest BCUT2D eigenvalue weighted by molar-refractivity contribution is -0.266. The Morgan fingerprint density at radius 2 is 1.96 bits per heavy atom. The van der Waals surface area contributed by atoms with Crippen LogP contribution in [0.25, 0.3) is 0 Å². The van der Waals surface area contributed by atoms with E-state index in [1.807, 2.05) is 0 Å². The Bertz CT molecular complexity index is 673. The summed E-state index contributed by atoms with van der Waals surface area (Å²) in [6.45, 7) is 6.74. The number of likely N-dealkylation sites (tertiary alicyclic amines) is 1. The smallest absolute Gasteiger partial charge is 0.0771 e. The van der Waals surface area contributed by atoms with Crippen molar-refractivity contribution in [1.29, 1.82) is 0 Å². The molecule has 6 aliphatic rings. The molecule has 152 valence electrons. The third-order valence-corrected chi connectivity index (χ3v) is 10.7. The average molecular weight is 378 g/mol. The van der Waals surface area contributed by atoms with Gasteiger partial charge in [0.25, 0.3) is 0 Å². The number of rotatable bonds is 2. The molecule has 3 N–H and O–H groups in total. The fourth-order valence-corrected chi connectivity index (χ4v) is 10.1. The molecule has 1 saturated heterocycles. The maximum absolute atomic E-state index is 12.1. The lowest BCUT2D eigenvalue weighted by atomic mass is 9.43. The molecule has 5 nitrogen and oxygen atoms in total. The van der Waals surface area contributed by atoms with Crippen molar-refractivity contribution >= 4 is 0 Å². The molecule has 0 aromatic rings. The van der Waals surface area contributed by atoms with Crippen LogP contribution in [-0.4, -0.2) is 70.4 Å². The van der Waals surface area contributed by atoms with Gasteiger partial charge in [-0.2, -0.15) is 0 Å². The van der Waals surface area contributed by atoms with Gasteiger partial charge in [-0.25, -0.2) is 0 Å². The first-order valence-electron chi connectivity index (χ1n) is 11.2. The van der Waals surface area contributed by atoms with Crippen molar-refractivity contribution < 1.29 is 20.1 Å². The lowest BCUT2D eigenvalue weighted by Crippen LogP contribution is -2.75. The molecule has 1 unspecified atom stereocenters. The summed E-state index contributed by atoms with van der Waals surface area (Å²) in [5.41, 5.74) is -0.788. The van der Waals surface area contributed by atoms with Crippen molar-refractivity contribution in [2.45, 2.75) is 75.9 Å². The number of ether oxygens (including phenoxy) is 1. The number of methoxy groups -OCH3 is 1. The topological polar surface area (TPSA) is 73.2 Å². The van der Waals surface area contributed by atoms with Gasteiger partial charge in [0, 0.05) is 49.3 Å². The zero-order chi connectivity index (χ0) is 18.9. The molecule has 7 bridgehead atoms. The second kappa shape index (κ2) is 5.10. The number of hydrogen-bond acceptors (Lipinski definition) is 5. The molecule has 12 atom stereocenters. The number of aliphatic hydroxyl groups excluding tert-OH is 2. The van der Waals surface area contributed by atoms with Crippen molar-refractivity contribution in [3.05, 3.63) is 0 Å². The fraction of sp³-hybridized carbons (Fsp3) is 1.00. The third-order valence-electron chi connectivity index (χ3n) is 10.7. The van der Waals surface area contributed by atoms with Crippen molar-refractivity contribution in [2.24, 2.45) is 40.4 Å². The molecule has 0 amide bonds. The molecule has 5 saturated carbocycles. The number of hydrogen-bond donors (Lipinski definition) is 3. The van der Waals surface area contributed by atoms with Gasteiger partial charge in [-0.15, -0.1) is 0 Å². The first kappa shape index (κ1) is 17.6. The van der Waals surface area contributed by atoms with E-state index in [0.717, 1.165) is 38.8 Å². The van der Waals surface area contributed by atoms with E-state index in [2.05, 4.69) is 18.7 Å². The van der Waals surface area contributed by atoms with E-state index in [9.17, 15) is 15.3 Å². The highest BCUT2D eigenvalue weighted by atomic mass is 16.5. The van der Waals surface area contributed by atoms with Crippen LogP contribution in [0.4, 0.5) is 0 Å². The highest BCUT2D eigenvalue weighted by molar-refractivity contribution is 5.32. The van der Waals surface area contributed by atoms with Crippen molar-refractivity contribution in [3.8, 4) is 0 Å². The summed E-state index contributed by atoms with van der Waals surface area (Å²) in [5, 5.41) is 34.9. The van der Waals surface area contributed by atoms with Gasteiger partial charge >= 0.3 is 0 Å². The fourth-order valence-electron chi connectivity index (χ4n) is 10.1. The summed E-state index contributed by atoms with van der Waals surface area (Å²) in [5.74, 6) is 0.840. The predicted octanol–water partition coefficient (Wildman–Crippen LogP) is 1.25. The van der Waals surface area contributed by atoms with Crippen LogP contribution in [0.2, 0.25) is 0 Å². The van der Waals surface area contributed by atoms with Crippen LogP contribution in [-0.2, 0) is 4.74 Å². The normalized spacial score (nSPS) is 66.2. The van der Waals surface area contributed by atoms with E-state index in [-0.39, 0.29) is 52.8 Å². The van der Waals surface area contributed by atoms with Gasteiger partial charge in [0.1, 0.15) is 0 Å². The Labute approximate surface area is 162 Å². The molecule has 0 aromatic heterocycles. The van der Waals surface area contributed by atoms with E-state index in [1.54, 1.807) is 7.11 Å². The standard InChI is InChI=1S/C22H35NO4/c1-4-23-10-20(2)6-5-16(24)22-12-7-11-14(27-3)9-21(26,17(12)18(11)25)13(19(22)23)8-15(20)22/h11-19,24-26H,4-10H2,1-3H3/t11-,12-,13?,14+,15-,16+,17-,18+,19-,20+,21+,22-/m1/s1. The largest absolute Gasteiger partial charge is 0.392 e. The molecule has 1 heterocycles. The van der Waals surface area contributed by atoms with Gasteiger partial charge in [0.2, 0.25) is 0 Å². The maximum Gasteiger partial charge on any atom is 0.0771 e.